The normalized spacial score (nSPS) is 14.7. The highest BCUT2D eigenvalue weighted by Gasteiger charge is 2.34. The number of rotatable bonds is 6. The zero-order chi connectivity index (χ0) is 22.5. The van der Waals surface area contributed by atoms with Gasteiger partial charge in [-0.2, -0.15) is 5.01 Å². The Morgan fingerprint density at radius 2 is 1.72 bits per heavy atom. The van der Waals surface area contributed by atoms with Crippen LogP contribution in [0.15, 0.2) is 83.8 Å². The average Bonchev–Trinajstić information content (AvgIpc) is 3.07. The zero-order valence-corrected chi connectivity index (χ0v) is 18.9. The largest absolute Gasteiger partial charge is 0.488 e. The Balaban J connectivity index is 1.49. The van der Waals surface area contributed by atoms with Gasteiger partial charge in [-0.3, -0.25) is 15.0 Å². The van der Waals surface area contributed by atoms with Crippen LogP contribution in [0.1, 0.15) is 27.0 Å². The first kappa shape index (κ1) is 21.8. The lowest BCUT2D eigenvalue weighted by molar-refractivity contribution is -0.123. The number of nitrogens with one attached hydrogen (secondary N) is 1. The second-order valence-corrected chi connectivity index (χ2v) is 8.81. The molecular weight excluding hydrogens is 440 g/mol. The molecule has 0 aromatic heterocycles. The van der Waals surface area contributed by atoms with Crippen LogP contribution in [0.5, 0.6) is 5.75 Å². The molecule has 1 fully saturated rings. The summed E-state index contributed by atoms with van der Waals surface area (Å²) in [6.45, 7) is 2.46. The Hall–Kier alpha value is -3.42. The molecule has 7 heteroatoms. The minimum atomic E-state index is -0.398. The van der Waals surface area contributed by atoms with Crippen molar-refractivity contribution in [3.63, 3.8) is 0 Å². The Bertz CT molecular complexity index is 1190. The van der Waals surface area contributed by atoms with Crippen molar-refractivity contribution < 1.29 is 14.3 Å². The second kappa shape index (κ2) is 9.80. The lowest BCUT2D eigenvalue weighted by atomic mass is 10.1. The monoisotopic (exact) mass is 460 g/mol. The van der Waals surface area contributed by atoms with E-state index in [-0.39, 0.29) is 10.2 Å². The molecule has 3 aromatic carbocycles. The number of hydrazine groups is 1. The molecule has 5 nitrogen and oxygen atoms in total. The van der Waals surface area contributed by atoms with Crippen LogP contribution >= 0.6 is 24.0 Å². The molecule has 4 rings (SSSR count). The molecule has 1 saturated heterocycles. The minimum Gasteiger partial charge on any atom is -0.488 e. The summed E-state index contributed by atoms with van der Waals surface area (Å²) < 4.78 is 6.27. The van der Waals surface area contributed by atoms with Crippen molar-refractivity contribution in [3.8, 4) is 5.75 Å². The Morgan fingerprint density at radius 3 is 2.47 bits per heavy atom. The summed E-state index contributed by atoms with van der Waals surface area (Å²) in [5.74, 6) is -0.116. The first-order chi connectivity index (χ1) is 15.5. The van der Waals surface area contributed by atoms with E-state index >= 15 is 0 Å². The van der Waals surface area contributed by atoms with E-state index in [2.05, 4.69) is 5.43 Å². The fourth-order valence-electron chi connectivity index (χ4n) is 3.04. The van der Waals surface area contributed by atoms with Crippen LogP contribution in [-0.4, -0.2) is 21.1 Å². The number of thioether (sulfide) groups is 1. The van der Waals surface area contributed by atoms with Gasteiger partial charge in [0.1, 0.15) is 12.4 Å². The van der Waals surface area contributed by atoms with E-state index < -0.39 is 5.91 Å². The molecule has 0 saturated carbocycles. The van der Waals surface area contributed by atoms with Gasteiger partial charge in [-0.15, -0.1) is 0 Å². The minimum absolute atomic E-state index is 0.267. The molecule has 0 atom stereocenters. The zero-order valence-electron chi connectivity index (χ0n) is 17.3. The summed E-state index contributed by atoms with van der Waals surface area (Å²) in [4.78, 5) is 25.8. The molecule has 1 heterocycles. The van der Waals surface area contributed by atoms with Crippen LogP contribution in [0.2, 0.25) is 0 Å². The number of nitrogens with zero attached hydrogens (tertiary/aromatic N) is 1. The summed E-state index contributed by atoms with van der Waals surface area (Å²) in [6, 6.07) is 24.3. The number of thiocarbonyl (C=S) groups is 1. The van der Waals surface area contributed by atoms with Gasteiger partial charge in [-0.25, -0.2) is 0 Å². The summed E-state index contributed by atoms with van der Waals surface area (Å²) in [5.41, 5.74) is 6.04. The number of aryl methyl sites for hydroxylation is 1. The van der Waals surface area contributed by atoms with Gasteiger partial charge in [0.05, 0.1) is 4.91 Å². The predicted molar refractivity (Wildman–Crippen MR) is 131 cm³/mol. The van der Waals surface area contributed by atoms with Gasteiger partial charge in [-0.05, 0) is 49.0 Å². The molecule has 1 aliphatic rings. The molecule has 32 heavy (non-hydrogen) atoms. The molecule has 1 N–H and O–H groups in total. The quantitative estimate of drug-likeness (QED) is 0.409. The van der Waals surface area contributed by atoms with E-state index in [1.165, 1.54) is 5.56 Å². The summed E-state index contributed by atoms with van der Waals surface area (Å²) >= 11 is 6.46. The van der Waals surface area contributed by atoms with E-state index in [4.69, 9.17) is 17.0 Å². The van der Waals surface area contributed by atoms with Crippen LogP contribution in [0.4, 0.5) is 0 Å². The van der Waals surface area contributed by atoms with Gasteiger partial charge in [0.2, 0.25) is 0 Å². The maximum Gasteiger partial charge on any atom is 0.285 e. The van der Waals surface area contributed by atoms with Crippen LogP contribution in [0, 0.1) is 6.92 Å². The van der Waals surface area contributed by atoms with E-state index in [0.717, 1.165) is 27.9 Å². The highest BCUT2D eigenvalue weighted by Crippen LogP contribution is 2.33. The van der Waals surface area contributed by atoms with Gasteiger partial charge in [-0.1, -0.05) is 78.0 Å². The first-order valence-corrected chi connectivity index (χ1v) is 11.1. The molecule has 0 bridgehead atoms. The fourth-order valence-corrected chi connectivity index (χ4v) is 4.21. The number of carbonyl (C=O) groups is 2. The summed E-state index contributed by atoms with van der Waals surface area (Å²) in [7, 11) is 0. The predicted octanol–water partition coefficient (Wildman–Crippen LogP) is 5.12. The first-order valence-electron chi connectivity index (χ1n) is 9.92. The molecular formula is C25H20N2O3S2. The molecule has 0 aliphatic carbocycles. The maximum absolute atomic E-state index is 12.9. The molecule has 160 valence electrons. The summed E-state index contributed by atoms with van der Waals surface area (Å²) in [6.07, 6.45) is 1.73. The van der Waals surface area contributed by atoms with E-state index in [1.54, 1.807) is 30.3 Å². The van der Waals surface area contributed by atoms with Crippen molar-refractivity contribution in [3.05, 3.63) is 106 Å². The SMILES string of the molecule is Cc1ccc(COc2ccccc2/C=C2\SC(=S)N(NC(=O)c3ccccc3)C2=O)cc1. The lowest BCUT2D eigenvalue weighted by Gasteiger charge is -2.15. The van der Waals surface area contributed by atoms with E-state index in [1.807, 2.05) is 61.5 Å². The van der Waals surface area contributed by atoms with Gasteiger partial charge >= 0.3 is 0 Å². The van der Waals surface area contributed by atoms with Gasteiger partial charge in [0, 0.05) is 11.1 Å². The van der Waals surface area contributed by atoms with Crippen LogP contribution in [0.3, 0.4) is 0 Å². The van der Waals surface area contributed by atoms with Gasteiger partial charge in [0.15, 0.2) is 4.32 Å². The van der Waals surface area contributed by atoms with Gasteiger partial charge in [0.25, 0.3) is 11.8 Å². The number of carbonyl (C=O) groups excluding carboxylic acids is 2. The highest BCUT2D eigenvalue weighted by atomic mass is 32.2. The van der Waals surface area contributed by atoms with E-state index in [9.17, 15) is 9.59 Å². The van der Waals surface area contributed by atoms with Crippen molar-refractivity contribution in [1.29, 1.82) is 0 Å². The third kappa shape index (κ3) is 5.07. The smallest absolute Gasteiger partial charge is 0.285 e. The number of hydrogen-bond donors (Lipinski definition) is 1. The molecule has 2 amide bonds. The third-order valence-corrected chi connectivity index (χ3v) is 6.07. The number of amides is 2. The molecule has 1 aliphatic heterocycles. The standard InChI is InChI=1S/C25H20N2O3S2/c1-17-11-13-18(14-12-17)16-30-21-10-6-5-9-20(21)15-22-24(29)27(25(31)32-22)26-23(28)19-7-3-2-4-8-19/h2-15H,16H2,1H3,(H,26,28)/b22-15-. The fraction of sp³-hybridized carbons (Fsp3) is 0.0800. The Labute approximate surface area is 196 Å². The van der Waals surface area contributed by atoms with Crippen molar-refractivity contribution >= 4 is 46.2 Å². The van der Waals surface area contributed by atoms with Crippen molar-refractivity contribution in [2.45, 2.75) is 13.5 Å². The topological polar surface area (TPSA) is 58.6 Å². The number of ether oxygens (including phenoxy) is 1. The van der Waals surface area contributed by atoms with Crippen molar-refractivity contribution in [2.75, 3.05) is 0 Å². The van der Waals surface area contributed by atoms with Crippen molar-refractivity contribution in [1.82, 2.24) is 10.4 Å². The highest BCUT2D eigenvalue weighted by molar-refractivity contribution is 8.26. The Morgan fingerprint density at radius 1 is 1.03 bits per heavy atom. The maximum atomic E-state index is 12.9. The van der Waals surface area contributed by atoms with Crippen molar-refractivity contribution in [2.24, 2.45) is 0 Å². The molecule has 3 aromatic rings. The molecule has 0 spiro atoms. The lowest BCUT2D eigenvalue weighted by Crippen LogP contribution is -2.44. The number of para-hydroxylation sites is 1. The van der Waals surface area contributed by atoms with Crippen LogP contribution < -0.4 is 10.2 Å². The Kier molecular flexibility index (Phi) is 6.68. The summed E-state index contributed by atoms with van der Waals surface area (Å²) in [5, 5.41) is 1.11. The number of benzene rings is 3. The van der Waals surface area contributed by atoms with Crippen LogP contribution in [0.25, 0.3) is 6.08 Å². The second-order valence-electron chi connectivity index (χ2n) is 7.14. The number of hydrogen-bond acceptors (Lipinski definition) is 5. The third-order valence-electron chi connectivity index (χ3n) is 4.76. The van der Waals surface area contributed by atoms with Crippen LogP contribution in [-0.2, 0) is 11.4 Å². The molecule has 0 unspecified atom stereocenters. The molecule has 0 radical (unpaired) electrons. The van der Waals surface area contributed by atoms with Gasteiger partial charge < -0.3 is 4.74 Å². The average molecular weight is 461 g/mol. The van der Waals surface area contributed by atoms with E-state index in [0.29, 0.717) is 22.8 Å².